The van der Waals surface area contributed by atoms with Gasteiger partial charge in [0.25, 0.3) is 0 Å². The number of para-hydroxylation sites is 2. The Morgan fingerprint density at radius 3 is 1.53 bits per heavy atom. The molecule has 5 heteroatoms. The van der Waals surface area contributed by atoms with Crippen LogP contribution in [0.2, 0.25) is 0 Å². The van der Waals surface area contributed by atoms with Crippen LogP contribution in [0.3, 0.4) is 0 Å². The van der Waals surface area contributed by atoms with Gasteiger partial charge in [0.1, 0.15) is 0 Å². The van der Waals surface area contributed by atoms with E-state index in [1.165, 1.54) is 95.0 Å². The van der Waals surface area contributed by atoms with Gasteiger partial charge in [0.2, 0.25) is 0 Å². The van der Waals surface area contributed by atoms with Crippen molar-refractivity contribution in [1.29, 1.82) is 0 Å². The molecule has 2 nitrogen and oxygen atoms in total. The monoisotopic (exact) mass is 1000 g/mol. The van der Waals surface area contributed by atoms with Crippen molar-refractivity contribution in [3.63, 3.8) is 0 Å². The van der Waals surface area contributed by atoms with Crippen LogP contribution in [0.1, 0.15) is 0 Å². The van der Waals surface area contributed by atoms with Crippen molar-refractivity contribution in [1.82, 2.24) is 4.57 Å². The minimum absolute atomic E-state index is 1.11. The fraction of sp³-hybridized carbons (Fsp3) is 0. The number of hydrogen-bond acceptors (Lipinski definition) is 2. The summed E-state index contributed by atoms with van der Waals surface area (Å²) in [4.78, 5) is 5.25. The van der Waals surface area contributed by atoms with Crippen molar-refractivity contribution >= 4 is 119 Å². The number of rotatable bonds is 7. The Kier molecular flexibility index (Phi) is 10.2. The lowest BCUT2D eigenvalue weighted by Gasteiger charge is -2.50. The smallest absolute Gasteiger partial charge is 0.181 e. The lowest BCUT2D eigenvalue weighted by atomic mass is 9.99. The number of fused-ring (bicyclic) bond motifs is 12. The quantitative estimate of drug-likeness (QED) is 0.147. The van der Waals surface area contributed by atoms with Crippen LogP contribution in [0, 0.1) is 0 Å². The third-order valence-electron chi connectivity index (χ3n) is 16.2. The van der Waals surface area contributed by atoms with E-state index >= 15 is 0 Å². The summed E-state index contributed by atoms with van der Waals surface area (Å²) in [6, 6.07) is 110. The highest BCUT2D eigenvalue weighted by atomic mass is 32.2. The highest BCUT2D eigenvalue weighted by molar-refractivity contribution is 8.00. The number of anilines is 3. The van der Waals surface area contributed by atoms with Crippen LogP contribution >= 0.6 is 11.8 Å². The summed E-state index contributed by atoms with van der Waals surface area (Å²) in [6.07, 6.45) is 0. The van der Waals surface area contributed by atoms with E-state index < -0.39 is 16.1 Å². The van der Waals surface area contributed by atoms with E-state index in [-0.39, 0.29) is 0 Å². The largest absolute Gasteiger partial charge is 0.310 e. The topological polar surface area (TPSA) is 8.17 Å². The summed E-state index contributed by atoms with van der Waals surface area (Å²) < 4.78 is 2.41. The van der Waals surface area contributed by atoms with Gasteiger partial charge in [-0.1, -0.05) is 236 Å². The maximum absolute atomic E-state index is 3.08. The molecule has 0 saturated heterocycles. The van der Waals surface area contributed by atoms with E-state index in [0.29, 0.717) is 0 Å². The average Bonchev–Trinajstić information content (AvgIpc) is 4.01. The first-order valence-electron chi connectivity index (χ1n) is 25.9. The zero-order valence-electron chi connectivity index (χ0n) is 41.0. The van der Waals surface area contributed by atoms with Crippen molar-refractivity contribution in [2.75, 3.05) is 4.90 Å². The number of hydrogen-bond donors (Lipinski definition) is 0. The molecule has 0 aliphatic carbocycles. The molecule has 0 radical (unpaired) electrons. The third-order valence-corrected chi connectivity index (χ3v) is 28.0. The van der Waals surface area contributed by atoms with E-state index in [0.717, 1.165) is 22.7 Å². The molecule has 0 N–H and O–H groups in total. The molecule has 0 bridgehead atoms. The van der Waals surface area contributed by atoms with Gasteiger partial charge in [-0.05, 0) is 125 Å². The fourth-order valence-electron chi connectivity index (χ4n) is 13.2. The minimum atomic E-state index is -3.08. The molecule has 1 spiro atoms. The number of aromatic nitrogens is 1. The van der Waals surface area contributed by atoms with Crippen LogP contribution in [0.25, 0.3) is 49.4 Å². The van der Waals surface area contributed by atoms with Gasteiger partial charge in [-0.2, -0.15) is 0 Å². The summed E-state index contributed by atoms with van der Waals surface area (Å²) in [5.74, 6) is 0. The van der Waals surface area contributed by atoms with Crippen LogP contribution in [-0.2, 0) is 0 Å². The van der Waals surface area contributed by atoms with Crippen molar-refractivity contribution < 1.29 is 0 Å². The van der Waals surface area contributed by atoms with Gasteiger partial charge >= 0.3 is 0 Å². The maximum atomic E-state index is 2.66. The SMILES string of the molecule is c1ccc(-n2c3ccccc3c3c(-c4ccc(N(c5ccc6c(c5)[Si]5(c7ccccc7Sc7ccccc75)c5ccccc5[Si]6(c5ccccc5)c5ccccc5)c5cccc6ccccc56)cc4)cccc32)cc1. The first-order chi connectivity index (χ1) is 37.2. The van der Waals surface area contributed by atoms with E-state index in [9.17, 15) is 0 Å². The van der Waals surface area contributed by atoms with E-state index in [2.05, 4.69) is 301 Å². The molecule has 0 amide bonds. The fourth-order valence-corrected chi connectivity index (χ4v) is 27.5. The molecular weight excluding hydrogens is 957 g/mol. The molecule has 0 fully saturated rings. The zero-order valence-corrected chi connectivity index (χ0v) is 43.8. The Bertz CT molecular complexity index is 4250. The second-order valence-corrected chi connectivity index (χ2v) is 28.3. The molecule has 15 rings (SSSR count). The molecule has 2 aliphatic rings. The van der Waals surface area contributed by atoms with E-state index in [1.807, 2.05) is 11.8 Å². The van der Waals surface area contributed by atoms with Gasteiger partial charge < -0.3 is 9.47 Å². The van der Waals surface area contributed by atoms with Gasteiger partial charge in [-0.15, -0.1) is 0 Å². The Labute approximate surface area is 443 Å². The molecule has 0 unspecified atom stereocenters. The summed E-state index contributed by atoms with van der Waals surface area (Å²) in [6.45, 7) is 0. The first-order valence-corrected chi connectivity index (χ1v) is 30.7. The average molecular weight is 1010 g/mol. The summed E-state index contributed by atoms with van der Waals surface area (Å²) >= 11 is 1.93. The summed E-state index contributed by atoms with van der Waals surface area (Å²) in [7, 11) is -6.07. The van der Waals surface area contributed by atoms with Gasteiger partial charge in [0.05, 0.1) is 16.7 Å². The molecule has 13 aromatic rings. The van der Waals surface area contributed by atoms with Gasteiger partial charge in [0.15, 0.2) is 16.1 Å². The standard InChI is InChI=1S/C70H48N2SSi2/c1-4-24-51(25-5-1)72-60-33-13-12-31-58(60)70-57(32-21-35-61(70)72)50-42-44-52(45-43-50)71(59-34-20-23-49-22-10-11-30-56(49)59)53-46-47-68-69(48-53)75(64-38-16-14-36-62(64)73-63-37-15-17-39-65(63)75)67-41-19-18-40-66(67)74(68,54-26-6-2-7-27-54)55-28-8-3-9-29-55/h1-48H. The molecule has 12 aromatic carbocycles. The predicted molar refractivity (Wildman–Crippen MR) is 323 cm³/mol. The molecule has 0 atom stereocenters. The molecule has 1 aromatic heterocycles. The molecule has 352 valence electrons. The summed E-state index contributed by atoms with van der Waals surface area (Å²) in [5.41, 5.74) is 9.37. The normalized spacial score (nSPS) is 13.8. The van der Waals surface area contributed by atoms with Gasteiger partial charge in [-0.25, -0.2) is 0 Å². The van der Waals surface area contributed by atoms with Crippen LogP contribution in [0.5, 0.6) is 0 Å². The maximum Gasteiger partial charge on any atom is 0.181 e. The lowest BCUT2D eigenvalue weighted by Crippen LogP contribution is -2.93. The third kappa shape index (κ3) is 6.45. The van der Waals surface area contributed by atoms with E-state index in [4.69, 9.17) is 0 Å². The minimum Gasteiger partial charge on any atom is -0.310 e. The number of benzene rings is 12. The Morgan fingerprint density at radius 2 is 0.840 bits per heavy atom. The molecule has 2 aliphatic heterocycles. The van der Waals surface area contributed by atoms with E-state index in [1.54, 1.807) is 0 Å². The van der Waals surface area contributed by atoms with Crippen molar-refractivity contribution in [3.8, 4) is 16.8 Å². The predicted octanol–water partition coefficient (Wildman–Crippen LogP) is 12.6. The van der Waals surface area contributed by atoms with Crippen LogP contribution in [0.4, 0.5) is 17.1 Å². The Balaban J connectivity index is 1.01. The van der Waals surface area contributed by atoms with Gasteiger partial charge in [-0.3, -0.25) is 0 Å². The molecule has 3 heterocycles. The zero-order chi connectivity index (χ0) is 49.5. The highest BCUT2D eigenvalue weighted by Gasteiger charge is 2.58. The summed E-state index contributed by atoms with van der Waals surface area (Å²) in [5, 5.41) is 16.6. The first kappa shape index (κ1) is 43.8. The van der Waals surface area contributed by atoms with Crippen LogP contribution in [0.15, 0.2) is 301 Å². The Morgan fingerprint density at radius 1 is 0.333 bits per heavy atom. The van der Waals surface area contributed by atoms with Crippen molar-refractivity contribution in [2.24, 2.45) is 0 Å². The Hall–Kier alpha value is -8.72. The number of nitrogens with zero attached hydrogens (tertiary/aromatic N) is 2. The van der Waals surface area contributed by atoms with Crippen molar-refractivity contribution in [2.45, 2.75) is 9.79 Å². The second-order valence-electron chi connectivity index (χ2n) is 19.9. The second kappa shape index (κ2) is 17.5. The highest BCUT2D eigenvalue weighted by Crippen LogP contribution is 2.43. The van der Waals surface area contributed by atoms with Gasteiger partial charge in [0, 0.05) is 43.0 Å². The van der Waals surface area contributed by atoms with Crippen LogP contribution < -0.4 is 46.4 Å². The lowest BCUT2D eigenvalue weighted by molar-refractivity contribution is 1.18. The molecular formula is C70H48N2SSi2. The molecule has 0 saturated carbocycles. The van der Waals surface area contributed by atoms with Crippen LogP contribution in [-0.4, -0.2) is 20.7 Å². The van der Waals surface area contributed by atoms with Crippen molar-refractivity contribution in [3.05, 3.63) is 291 Å². The molecule has 75 heavy (non-hydrogen) atoms.